The number of ether oxygens (including phenoxy) is 2. The maximum Gasteiger partial charge on any atom is 0.261 e. The Morgan fingerprint density at radius 2 is 1.90 bits per heavy atom. The van der Waals surface area contributed by atoms with Crippen molar-refractivity contribution >= 4 is 10.9 Å². The molecule has 1 saturated carbocycles. The van der Waals surface area contributed by atoms with E-state index in [0.717, 1.165) is 24.2 Å². The highest BCUT2D eigenvalue weighted by Gasteiger charge is 2.28. The van der Waals surface area contributed by atoms with Crippen molar-refractivity contribution < 1.29 is 14.0 Å². The summed E-state index contributed by atoms with van der Waals surface area (Å²) in [6.45, 7) is 0. The maximum atomic E-state index is 13.0. The van der Waals surface area contributed by atoms with Crippen molar-refractivity contribution in [3.05, 3.63) is 64.5 Å². The van der Waals surface area contributed by atoms with Crippen molar-refractivity contribution in [3.8, 4) is 22.9 Å². The molecule has 1 fully saturated rings. The molecule has 0 bridgehead atoms. The normalized spacial score (nSPS) is 13.5. The molecule has 0 radical (unpaired) electrons. The van der Waals surface area contributed by atoms with Gasteiger partial charge in [0.1, 0.15) is 17.3 Å². The second kappa shape index (κ2) is 7.86. The predicted octanol–water partition coefficient (Wildman–Crippen LogP) is 3.58. The van der Waals surface area contributed by atoms with E-state index in [-0.39, 0.29) is 11.6 Å². The first kappa shape index (κ1) is 19.3. The van der Waals surface area contributed by atoms with Crippen molar-refractivity contribution in [2.24, 2.45) is 0 Å². The number of fused-ring (bicyclic) bond motifs is 1. The Morgan fingerprint density at radius 3 is 2.68 bits per heavy atom. The standard InChI is InChI=1S/C23H22N4O4/c1-29-15-9-10-17(19(13-15)30-2)22-25-21(31-26-22)12-11-20-24-18-6-4-3-5-16(18)23(28)27(20)14-7-8-14/h3-6,9-10,13-14H,7-8,11-12H2,1-2H3. The first-order valence-corrected chi connectivity index (χ1v) is 10.2. The summed E-state index contributed by atoms with van der Waals surface area (Å²) in [4.78, 5) is 22.3. The van der Waals surface area contributed by atoms with E-state index in [9.17, 15) is 4.79 Å². The smallest absolute Gasteiger partial charge is 0.261 e. The van der Waals surface area contributed by atoms with Crippen LogP contribution < -0.4 is 15.0 Å². The molecule has 5 rings (SSSR count). The highest BCUT2D eigenvalue weighted by molar-refractivity contribution is 5.77. The third-order valence-electron chi connectivity index (χ3n) is 5.47. The van der Waals surface area contributed by atoms with E-state index in [1.165, 1.54) is 0 Å². The molecule has 158 valence electrons. The second-order valence-corrected chi connectivity index (χ2v) is 7.53. The Bertz CT molecular complexity index is 1310. The fraction of sp³-hybridized carbons (Fsp3) is 0.304. The van der Waals surface area contributed by atoms with Gasteiger partial charge in [-0.25, -0.2) is 4.98 Å². The summed E-state index contributed by atoms with van der Waals surface area (Å²) in [5.41, 5.74) is 1.46. The van der Waals surface area contributed by atoms with Crippen LogP contribution in [0.2, 0.25) is 0 Å². The van der Waals surface area contributed by atoms with Crippen LogP contribution in [0.25, 0.3) is 22.3 Å². The zero-order valence-corrected chi connectivity index (χ0v) is 17.4. The van der Waals surface area contributed by atoms with Gasteiger partial charge < -0.3 is 14.0 Å². The van der Waals surface area contributed by atoms with Crippen LogP contribution in [0.4, 0.5) is 0 Å². The number of methoxy groups -OCH3 is 2. The molecule has 1 aliphatic rings. The molecule has 0 saturated heterocycles. The molecule has 4 aromatic rings. The zero-order valence-electron chi connectivity index (χ0n) is 17.4. The lowest BCUT2D eigenvalue weighted by Crippen LogP contribution is -2.25. The third-order valence-corrected chi connectivity index (χ3v) is 5.47. The molecule has 0 N–H and O–H groups in total. The van der Waals surface area contributed by atoms with E-state index < -0.39 is 0 Å². The van der Waals surface area contributed by atoms with Gasteiger partial charge in [0, 0.05) is 24.9 Å². The molecule has 8 nitrogen and oxygen atoms in total. The molecule has 8 heteroatoms. The molecule has 0 unspecified atom stereocenters. The Hall–Kier alpha value is -3.68. The Labute approximate surface area is 178 Å². The summed E-state index contributed by atoms with van der Waals surface area (Å²) in [5, 5.41) is 4.76. The number of nitrogens with zero attached hydrogens (tertiary/aromatic N) is 4. The number of rotatable bonds is 7. The van der Waals surface area contributed by atoms with Crippen LogP contribution in [0.15, 0.2) is 51.8 Å². The fourth-order valence-corrected chi connectivity index (χ4v) is 3.75. The van der Waals surface area contributed by atoms with E-state index in [0.29, 0.717) is 47.0 Å². The van der Waals surface area contributed by atoms with Crippen molar-refractivity contribution in [3.63, 3.8) is 0 Å². The number of aryl methyl sites for hydroxylation is 2. The van der Waals surface area contributed by atoms with Crippen LogP contribution >= 0.6 is 0 Å². The average molecular weight is 418 g/mol. The SMILES string of the molecule is COc1ccc(-c2noc(CCc3nc4ccccc4c(=O)n3C3CC3)n2)c(OC)c1. The van der Waals surface area contributed by atoms with Crippen molar-refractivity contribution in [1.29, 1.82) is 0 Å². The van der Waals surface area contributed by atoms with Gasteiger partial charge in [-0.2, -0.15) is 4.98 Å². The van der Waals surface area contributed by atoms with Crippen molar-refractivity contribution in [2.75, 3.05) is 14.2 Å². The summed E-state index contributed by atoms with van der Waals surface area (Å²) < 4.78 is 18.0. The molecule has 0 amide bonds. The first-order chi connectivity index (χ1) is 15.2. The van der Waals surface area contributed by atoms with Gasteiger partial charge in [-0.3, -0.25) is 9.36 Å². The maximum absolute atomic E-state index is 13.0. The largest absolute Gasteiger partial charge is 0.497 e. The average Bonchev–Trinajstić information content (AvgIpc) is 3.53. The number of aromatic nitrogens is 4. The molecule has 2 aromatic heterocycles. The van der Waals surface area contributed by atoms with E-state index in [1.54, 1.807) is 20.3 Å². The van der Waals surface area contributed by atoms with Gasteiger partial charge in [0.25, 0.3) is 5.56 Å². The molecule has 31 heavy (non-hydrogen) atoms. The van der Waals surface area contributed by atoms with Crippen molar-refractivity contribution in [1.82, 2.24) is 19.7 Å². The number of hydrogen-bond donors (Lipinski definition) is 0. The first-order valence-electron chi connectivity index (χ1n) is 10.2. The van der Waals surface area contributed by atoms with Crippen LogP contribution in [0.3, 0.4) is 0 Å². The fourth-order valence-electron chi connectivity index (χ4n) is 3.75. The monoisotopic (exact) mass is 418 g/mol. The van der Waals surface area contributed by atoms with E-state index in [4.69, 9.17) is 19.0 Å². The second-order valence-electron chi connectivity index (χ2n) is 7.53. The van der Waals surface area contributed by atoms with Gasteiger partial charge in [0.2, 0.25) is 11.7 Å². The zero-order chi connectivity index (χ0) is 21.4. The van der Waals surface area contributed by atoms with Gasteiger partial charge >= 0.3 is 0 Å². The van der Waals surface area contributed by atoms with Gasteiger partial charge in [-0.05, 0) is 37.1 Å². The molecule has 2 heterocycles. The van der Waals surface area contributed by atoms with Crippen LogP contribution in [0.1, 0.15) is 30.6 Å². The van der Waals surface area contributed by atoms with Crippen LogP contribution in [0, 0.1) is 0 Å². The van der Waals surface area contributed by atoms with E-state index >= 15 is 0 Å². The topological polar surface area (TPSA) is 92.3 Å². The molecule has 0 aliphatic heterocycles. The quantitative estimate of drug-likeness (QED) is 0.453. The molecule has 1 aliphatic carbocycles. The highest BCUT2D eigenvalue weighted by Crippen LogP contribution is 2.35. The van der Waals surface area contributed by atoms with Gasteiger partial charge in [-0.15, -0.1) is 0 Å². The molecule has 2 aromatic carbocycles. The van der Waals surface area contributed by atoms with E-state index in [1.807, 2.05) is 41.0 Å². The van der Waals surface area contributed by atoms with Crippen molar-refractivity contribution in [2.45, 2.75) is 31.7 Å². The Morgan fingerprint density at radius 1 is 1.06 bits per heavy atom. The van der Waals surface area contributed by atoms with Gasteiger partial charge in [0.05, 0.1) is 30.7 Å². The number of benzene rings is 2. The summed E-state index contributed by atoms with van der Waals surface area (Å²) in [6, 6.07) is 13.1. The minimum Gasteiger partial charge on any atom is -0.497 e. The minimum atomic E-state index is 0.0253. The third kappa shape index (κ3) is 3.65. The van der Waals surface area contributed by atoms with Gasteiger partial charge in [-0.1, -0.05) is 17.3 Å². The minimum absolute atomic E-state index is 0.0253. The summed E-state index contributed by atoms with van der Waals surface area (Å²) >= 11 is 0. The lowest BCUT2D eigenvalue weighted by atomic mass is 10.2. The number of para-hydroxylation sites is 1. The molecular formula is C23H22N4O4. The number of hydrogen-bond acceptors (Lipinski definition) is 7. The highest BCUT2D eigenvalue weighted by atomic mass is 16.5. The van der Waals surface area contributed by atoms with Crippen LogP contribution in [-0.2, 0) is 12.8 Å². The predicted molar refractivity (Wildman–Crippen MR) is 115 cm³/mol. The molecule has 0 atom stereocenters. The Balaban J connectivity index is 1.42. The van der Waals surface area contributed by atoms with Crippen LogP contribution in [-0.4, -0.2) is 33.9 Å². The molecule has 0 spiro atoms. The van der Waals surface area contributed by atoms with Crippen LogP contribution in [0.5, 0.6) is 11.5 Å². The Kier molecular flexibility index (Phi) is 4.89. The summed E-state index contributed by atoms with van der Waals surface area (Å²) in [5.74, 6) is 2.97. The summed E-state index contributed by atoms with van der Waals surface area (Å²) in [7, 11) is 3.19. The van der Waals surface area contributed by atoms with E-state index in [2.05, 4.69) is 10.1 Å². The summed E-state index contributed by atoms with van der Waals surface area (Å²) in [6.07, 6.45) is 3.05. The lowest BCUT2D eigenvalue weighted by molar-refractivity contribution is 0.376. The molecular weight excluding hydrogens is 396 g/mol. The lowest BCUT2D eigenvalue weighted by Gasteiger charge is -2.12. The van der Waals surface area contributed by atoms with Gasteiger partial charge in [0.15, 0.2) is 0 Å².